The van der Waals surface area contributed by atoms with E-state index in [1.807, 2.05) is 0 Å². The summed E-state index contributed by atoms with van der Waals surface area (Å²) < 4.78 is 18.6. The van der Waals surface area contributed by atoms with Crippen molar-refractivity contribution in [1.82, 2.24) is 4.90 Å². The highest BCUT2D eigenvalue weighted by molar-refractivity contribution is 5.51. The molecule has 4 nitrogen and oxygen atoms in total. The molecule has 0 saturated carbocycles. The van der Waals surface area contributed by atoms with E-state index < -0.39 is 0 Å². The molecule has 0 aliphatic carbocycles. The average Bonchev–Trinajstić information content (AvgIpc) is 2.72. The molecule has 0 amide bonds. The summed E-state index contributed by atoms with van der Waals surface area (Å²) in [6.07, 6.45) is 4.57. The zero-order chi connectivity index (χ0) is 15.0. The van der Waals surface area contributed by atoms with Gasteiger partial charge in [-0.2, -0.15) is 0 Å². The van der Waals surface area contributed by atoms with Gasteiger partial charge < -0.3 is 20.7 Å². The molecular formula is C16H24FN3O. The molecule has 5 heteroatoms. The van der Waals surface area contributed by atoms with Crippen LogP contribution in [-0.4, -0.2) is 43.2 Å². The van der Waals surface area contributed by atoms with Gasteiger partial charge in [0.25, 0.3) is 0 Å². The molecular weight excluding hydrogens is 269 g/mol. The van der Waals surface area contributed by atoms with E-state index in [9.17, 15) is 4.39 Å². The van der Waals surface area contributed by atoms with Crippen LogP contribution in [0.3, 0.4) is 0 Å². The lowest BCUT2D eigenvalue weighted by Crippen LogP contribution is -2.57. The molecule has 2 atom stereocenters. The van der Waals surface area contributed by atoms with Crippen LogP contribution in [0.25, 0.3) is 0 Å². The Kier molecular flexibility index (Phi) is 3.80. The third-order valence-electron chi connectivity index (χ3n) is 5.19. The molecule has 0 radical (unpaired) electrons. The van der Waals surface area contributed by atoms with E-state index in [-0.39, 0.29) is 17.1 Å². The van der Waals surface area contributed by atoms with Crippen LogP contribution in [0.4, 0.5) is 10.1 Å². The second kappa shape index (κ2) is 5.46. The Morgan fingerprint density at radius 3 is 2.62 bits per heavy atom. The number of halogens is 1. The summed E-state index contributed by atoms with van der Waals surface area (Å²) in [5.74, 6) is -0.0728. The van der Waals surface area contributed by atoms with Gasteiger partial charge in [-0.3, -0.25) is 0 Å². The van der Waals surface area contributed by atoms with Crippen LogP contribution in [0.1, 0.15) is 25.7 Å². The van der Waals surface area contributed by atoms with Crippen LogP contribution in [-0.2, 0) is 0 Å². The Morgan fingerprint density at radius 1 is 1.38 bits per heavy atom. The number of methoxy groups -OCH3 is 1. The minimum absolute atomic E-state index is 0.0960. The van der Waals surface area contributed by atoms with Crippen molar-refractivity contribution in [2.24, 2.45) is 5.73 Å². The Hall–Kier alpha value is -1.33. The summed E-state index contributed by atoms with van der Waals surface area (Å²) in [6.45, 7) is 0.591. The maximum atomic E-state index is 13.5. The summed E-state index contributed by atoms with van der Waals surface area (Å²) in [7, 11) is 3.69. The number of nitrogens with two attached hydrogens (primary N) is 1. The van der Waals surface area contributed by atoms with Crippen molar-refractivity contribution < 1.29 is 9.13 Å². The second-order valence-corrected chi connectivity index (χ2v) is 6.42. The van der Waals surface area contributed by atoms with Crippen LogP contribution in [0.15, 0.2) is 18.2 Å². The molecule has 2 fully saturated rings. The molecule has 0 spiro atoms. The molecule has 2 aliphatic rings. The normalized spacial score (nSPS) is 32.2. The van der Waals surface area contributed by atoms with Crippen LogP contribution in [0.5, 0.6) is 5.75 Å². The number of piperidine rings is 1. The minimum atomic E-state index is -0.340. The summed E-state index contributed by atoms with van der Waals surface area (Å²) in [5, 5.41) is 3.57. The number of benzene rings is 1. The monoisotopic (exact) mass is 293 g/mol. The molecule has 2 saturated heterocycles. The molecule has 0 aromatic heterocycles. The first kappa shape index (κ1) is 14.6. The highest BCUT2D eigenvalue weighted by Gasteiger charge is 2.46. The zero-order valence-electron chi connectivity index (χ0n) is 12.7. The van der Waals surface area contributed by atoms with Crippen LogP contribution in [0.2, 0.25) is 0 Å². The summed E-state index contributed by atoms with van der Waals surface area (Å²) in [4.78, 5) is 2.49. The van der Waals surface area contributed by atoms with E-state index >= 15 is 0 Å². The van der Waals surface area contributed by atoms with Gasteiger partial charge in [-0.1, -0.05) is 0 Å². The largest absolute Gasteiger partial charge is 0.494 e. The quantitative estimate of drug-likeness (QED) is 0.893. The van der Waals surface area contributed by atoms with Gasteiger partial charge in [0.2, 0.25) is 0 Å². The topological polar surface area (TPSA) is 50.5 Å². The Balaban J connectivity index is 1.82. The number of anilines is 1. The smallest absolute Gasteiger partial charge is 0.165 e. The van der Waals surface area contributed by atoms with Crippen LogP contribution < -0.4 is 15.8 Å². The highest BCUT2D eigenvalue weighted by atomic mass is 19.1. The van der Waals surface area contributed by atoms with Crippen LogP contribution in [0, 0.1) is 5.82 Å². The number of nitrogens with one attached hydrogen (secondary N) is 1. The van der Waals surface area contributed by atoms with Gasteiger partial charge in [-0.15, -0.1) is 0 Å². The highest BCUT2D eigenvalue weighted by Crippen LogP contribution is 2.41. The van der Waals surface area contributed by atoms with Crippen LogP contribution >= 0.6 is 0 Å². The lowest BCUT2D eigenvalue weighted by atomic mass is 9.82. The summed E-state index contributed by atoms with van der Waals surface area (Å²) in [6, 6.07) is 6.11. The van der Waals surface area contributed by atoms with Gasteiger partial charge in [0.15, 0.2) is 11.6 Å². The first-order valence-corrected chi connectivity index (χ1v) is 7.60. The SMILES string of the molecule is COc1cc(NC2(CN)CC3CCC(C2)N3C)ccc1F. The number of hydrogen-bond acceptors (Lipinski definition) is 4. The number of nitrogens with zero attached hydrogens (tertiary/aromatic N) is 1. The van der Waals surface area contributed by atoms with Crippen molar-refractivity contribution in [1.29, 1.82) is 0 Å². The molecule has 21 heavy (non-hydrogen) atoms. The summed E-state index contributed by atoms with van der Waals surface area (Å²) in [5.41, 5.74) is 6.88. The maximum absolute atomic E-state index is 13.5. The zero-order valence-corrected chi connectivity index (χ0v) is 12.7. The van der Waals surface area contributed by atoms with Crippen molar-refractivity contribution >= 4 is 5.69 Å². The van der Waals surface area contributed by atoms with Gasteiger partial charge in [0.1, 0.15) is 0 Å². The fraction of sp³-hybridized carbons (Fsp3) is 0.625. The molecule has 3 N–H and O–H groups in total. The fourth-order valence-corrected chi connectivity index (χ4v) is 3.93. The third kappa shape index (κ3) is 2.60. The van der Waals surface area contributed by atoms with Crippen molar-refractivity contribution in [2.45, 2.75) is 43.3 Å². The molecule has 3 rings (SSSR count). The number of hydrogen-bond donors (Lipinski definition) is 2. The second-order valence-electron chi connectivity index (χ2n) is 6.42. The van der Waals surface area contributed by atoms with E-state index in [2.05, 4.69) is 17.3 Å². The minimum Gasteiger partial charge on any atom is -0.494 e. The molecule has 2 heterocycles. The maximum Gasteiger partial charge on any atom is 0.165 e. The molecule has 2 aliphatic heterocycles. The van der Waals surface area contributed by atoms with Crippen molar-refractivity contribution in [3.63, 3.8) is 0 Å². The molecule has 116 valence electrons. The lowest BCUT2D eigenvalue weighted by molar-refractivity contribution is 0.127. The van der Waals surface area contributed by atoms with Crippen molar-refractivity contribution in [3.8, 4) is 5.75 Å². The van der Waals surface area contributed by atoms with Gasteiger partial charge in [0, 0.05) is 30.4 Å². The van der Waals surface area contributed by atoms with Gasteiger partial charge in [-0.25, -0.2) is 4.39 Å². The van der Waals surface area contributed by atoms with E-state index in [0.717, 1.165) is 18.5 Å². The van der Waals surface area contributed by atoms with E-state index in [4.69, 9.17) is 10.5 Å². The predicted octanol–water partition coefficient (Wildman–Crippen LogP) is 2.20. The van der Waals surface area contributed by atoms with E-state index in [1.54, 1.807) is 12.1 Å². The first-order chi connectivity index (χ1) is 10.1. The number of ether oxygens (including phenoxy) is 1. The van der Waals surface area contributed by atoms with E-state index in [1.165, 1.54) is 26.0 Å². The Morgan fingerprint density at radius 2 is 2.05 bits per heavy atom. The van der Waals surface area contributed by atoms with E-state index in [0.29, 0.717) is 18.6 Å². The van der Waals surface area contributed by atoms with Gasteiger partial charge >= 0.3 is 0 Å². The average molecular weight is 293 g/mol. The van der Waals surface area contributed by atoms with Gasteiger partial charge in [-0.05, 0) is 44.9 Å². The standard InChI is InChI=1S/C16H24FN3O/c1-20-12-4-5-13(20)9-16(8-12,10-18)19-11-3-6-14(17)15(7-11)21-2/h3,6-7,12-13,19H,4-5,8-10,18H2,1-2H3. The number of fused-ring (bicyclic) bond motifs is 2. The lowest BCUT2D eigenvalue weighted by Gasteiger charge is -2.45. The first-order valence-electron chi connectivity index (χ1n) is 7.60. The predicted molar refractivity (Wildman–Crippen MR) is 82.2 cm³/mol. The van der Waals surface area contributed by atoms with Crippen molar-refractivity contribution in [2.75, 3.05) is 26.0 Å². The van der Waals surface area contributed by atoms with Crippen molar-refractivity contribution in [3.05, 3.63) is 24.0 Å². The number of rotatable bonds is 4. The fourth-order valence-electron chi connectivity index (χ4n) is 3.93. The molecule has 2 unspecified atom stereocenters. The third-order valence-corrected chi connectivity index (χ3v) is 5.19. The summed E-state index contributed by atoms with van der Waals surface area (Å²) >= 11 is 0. The Bertz CT molecular complexity index is 508. The Labute approximate surface area is 125 Å². The molecule has 1 aromatic rings. The van der Waals surface area contributed by atoms with Gasteiger partial charge in [0.05, 0.1) is 12.6 Å². The molecule has 2 bridgehead atoms. The molecule has 1 aromatic carbocycles.